The molecule has 0 aliphatic heterocycles. The lowest BCUT2D eigenvalue weighted by Gasteiger charge is -2.22. The van der Waals surface area contributed by atoms with Gasteiger partial charge in [-0.2, -0.15) is 13.2 Å². The second kappa shape index (κ2) is 8.51. The monoisotopic (exact) mass is 367 g/mol. The molecular formula is C14H17BrF3NO2. The molecule has 1 aromatic rings. The van der Waals surface area contributed by atoms with Crippen molar-refractivity contribution in [3.63, 3.8) is 0 Å². The molecule has 3 nitrogen and oxygen atoms in total. The zero-order valence-corrected chi connectivity index (χ0v) is 13.0. The van der Waals surface area contributed by atoms with Crippen molar-refractivity contribution in [2.24, 2.45) is 0 Å². The Kier molecular flexibility index (Phi) is 7.34. The Morgan fingerprint density at radius 3 is 2.33 bits per heavy atom. The summed E-state index contributed by atoms with van der Waals surface area (Å²) >= 11 is 3.26. The second-order valence-corrected chi connectivity index (χ2v) is 5.56. The molecule has 1 aromatic carbocycles. The van der Waals surface area contributed by atoms with Crippen LogP contribution < -0.4 is 0 Å². The number of hydrogen-bond acceptors (Lipinski definition) is 3. The van der Waals surface area contributed by atoms with Gasteiger partial charge in [-0.1, -0.05) is 28.1 Å². The Hall–Kier alpha value is -0.920. The third-order valence-corrected chi connectivity index (χ3v) is 3.39. The molecule has 118 valence electrons. The first-order valence-electron chi connectivity index (χ1n) is 6.50. The highest BCUT2D eigenvalue weighted by Gasteiger charge is 2.30. The number of nitrogens with zero attached hydrogens (tertiary/aromatic N) is 1. The molecule has 0 bridgehead atoms. The Labute approximate surface area is 129 Å². The van der Waals surface area contributed by atoms with E-state index in [-0.39, 0.29) is 31.9 Å². The minimum Gasteiger partial charge on any atom is -0.395 e. The van der Waals surface area contributed by atoms with E-state index in [2.05, 4.69) is 15.9 Å². The largest absolute Gasteiger partial charge is 0.401 e. The highest BCUT2D eigenvalue weighted by molar-refractivity contribution is 9.10. The van der Waals surface area contributed by atoms with Gasteiger partial charge in [0.25, 0.3) is 0 Å². The SMILES string of the molecule is O=C(CCCN(CCO)CC(F)(F)F)c1ccc(Br)cc1. The van der Waals surface area contributed by atoms with Crippen molar-refractivity contribution >= 4 is 21.7 Å². The van der Waals surface area contributed by atoms with Crippen molar-refractivity contribution in [1.29, 1.82) is 0 Å². The van der Waals surface area contributed by atoms with Crippen molar-refractivity contribution in [3.05, 3.63) is 34.3 Å². The normalized spacial score (nSPS) is 11.9. The fourth-order valence-corrected chi connectivity index (χ4v) is 2.17. The van der Waals surface area contributed by atoms with Gasteiger partial charge in [0, 0.05) is 23.0 Å². The first-order chi connectivity index (χ1) is 9.81. The van der Waals surface area contributed by atoms with Gasteiger partial charge in [-0.05, 0) is 25.1 Å². The van der Waals surface area contributed by atoms with Gasteiger partial charge < -0.3 is 5.11 Å². The summed E-state index contributed by atoms with van der Waals surface area (Å²) in [4.78, 5) is 13.0. The van der Waals surface area contributed by atoms with Crippen molar-refractivity contribution in [2.75, 3.05) is 26.2 Å². The topological polar surface area (TPSA) is 40.5 Å². The number of ketones is 1. The second-order valence-electron chi connectivity index (χ2n) is 4.65. The Bertz CT molecular complexity index is 449. The maximum Gasteiger partial charge on any atom is 0.401 e. The molecule has 0 amide bonds. The van der Waals surface area contributed by atoms with Crippen LogP contribution in [0.15, 0.2) is 28.7 Å². The van der Waals surface area contributed by atoms with Gasteiger partial charge in [-0.15, -0.1) is 0 Å². The smallest absolute Gasteiger partial charge is 0.395 e. The van der Waals surface area contributed by atoms with E-state index in [4.69, 9.17) is 5.11 Å². The number of aliphatic hydroxyl groups excluding tert-OH is 1. The number of hydrogen-bond donors (Lipinski definition) is 1. The number of rotatable bonds is 8. The van der Waals surface area contributed by atoms with Crippen molar-refractivity contribution in [3.8, 4) is 0 Å². The number of halogens is 4. The lowest BCUT2D eigenvalue weighted by molar-refractivity contribution is -0.146. The standard InChI is InChI=1S/C14H17BrF3NO2/c15-12-5-3-11(4-6-12)13(21)2-1-7-19(8-9-20)10-14(16,17)18/h3-6,20H,1-2,7-10H2. The lowest BCUT2D eigenvalue weighted by Crippen LogP contribution is -2.37. The summed E-state index contributed by atoms with van der Waals surface area (Å²) in [6.07, 6.45) is -3.79. The zero-order chi connectivity index (χ0) is 15.9. The summed E-state index contributed by atoms with van der Waals surface area (Å²) in [6.45, 7) is -1.33. The highest BCUT2D eigenvalue weighted by Crippen LogP contribution is 2.17. The van der Waals surface area contributed by atoms with Crippen LogP contribution in [0.2, 0.25) is 0 Å². The predicted octanol–water partition coefficient (Wildman–Crippen LogP) is 3.27. The Balaban J connectivity index is 2.42. The van der Waals surface area contributed by atoms with Crippen LogP contribution in [0.1, 0.15) is 23.2 Å². The summed E-state index contributed by atoms with van der Waals surface area (Å²) in [5, 5.41) is 8.77. The molecule has 1 rings (SSSR count). The zero-order valence-electron chi connectivity index (χ0n) is 11.4. The number of benzene rings is 1. The van der Waals surface area contributed by atoms with Gasteiger partial charge >= 0.3 is 6.18 Å². The summed E-state index contributed by atoms with van der Waals surface area (Å²) < 4.78 is 37.8. The van der Waals surface area contributed by atoms with Crippen LogP contribution in [0.5, 0.6) is 0 Å². The molecule has 0 spiro atoms. The third kappa shape index (κ3) is 7.59. The summed E-state index contributed by atoms with van der Waals surface area (Å²) in [7, 11) is 0. The van der Waals surface area contributed by atoms with Gasteiger partial charge in [0.1, 0.15) is 0 Å². The molecule has 0 saturated heterocycles. The first kappa shape index (κ1) is 18.1. The molecule has 0 atom stereocenters. The third-order valence-electron chi connectivity index (χ3n) is 2.86. The maximum atomic E-state index is 12.3. The molecule has 0 aliphatic rings. The molecule has 0 saturated carbocycles. The van der Waals surface area contributed by atoms with E-state index >= 15 is 0 Å². The molecule has 0 aliphatic carbocycles. The fraction of sp³-hybridized carbons (Fsp3) is 0.500. The molecule has 1 N–H and O–H groups in total. The predicted molar refractivity (Wildman–Crippen MR) is 77.3 cm³/mol. The van der Waals surface area contributed by atoms with Crippen LogP contribution in [0.3, 0.4) is 0 Å². The van der Waals surface area contributed by atoms with Gasteiger partial charge in [0.15, 0.2) is 5.78 Å². The lowest BCUT2D eigenvalue weighted by atomic mass is 10.1. The Morgan fingerprint density at radius 1 is 1.19 bits per heavy atom. The van der Waals surface area contributed by atoms with Crippen LogP contribution in [-0.2, 0) is 0 Å². The van der Waals surface area contributed by atoms with Crippen LogP contribution in [0.25, 0.3) is 0 Å². The Morgan fingerprint density at radius 2 is 1.81 bits per heavy atom. The molecule has 0 radical (unpaired) electrons. The van der Waals surface area contributed by atoms with Gasteiger partial charge in [-0.25, -0.2) is 0 Å². The highest BCUT2D eigenvalue weighted by atomic mass is 79.9. The van der Waals surface area contributed by atoms with E-state index in [1.807, 2.05) is 0 Å². The molecular weight excluding hydrogens is 351 g/mol. The summed E-state index contributed by atoms with van der Waals surface area (Å²) in [5.74, 6) is -0.0987. The van der Waals surface area contributed by atoms with E-state index in [1.165, 1.54) is 0 Å². The number of Topliss-reactive ketones (excluding diaryl/α,β-unsaturated/α-hetero) is 1. The minimum absolute atomic E-state index is 0.0496. The van der Waals surface area contributed by atoms with E-state index in [0.717, 1.165) is 9.37 Å². The summed E-state index contributed by atoms with van der Waals surface area (Å²) in [6, 6.07) is 6.84. The van der Waals surface area contributed by atoms with E-state index in [1.54, 1.807) is 24.3 Å². The van der Waals surface area contributed by atoms with Crippen LogP contribution in [-0.4, -0.2) is 48.2 Å². The maximum absolute atomic E-state index is 12.3. The molecule has 0 fully saturated rings. The van der Waals surface area contributed by atoms with Crippen molar-refractivity contribution in [2.45, 2.75) is 19.0 Å². The molecule has 7 heteroatoms. The number of alkyl halides is 3. The molecule has 0 aromatic heterocycles. The first-order valence-corrected chi connectivity index (χ1v) is 7.30. The molecule has 0 unspecified atom stereocenters. The average Bonchev–Trinajstić information content (AvgIpc) is 2.37. The van der Waals surface area contributed by atoms with Crippen LogP contribution >= 0.6 is 15.9 Å². The van der Waals surface area contributed by atoms with Crippen LogP contribution in [0, 0.1) is 0 Å². The van der Waals surface area contributed by atoms with Gasteiger partial charge in [0.05, 0.1) is 13.2 Å². The van der Waals surface area contributed by atoms with Crippen molar-refractivity contribution < 1.29 is 23.1 Å². The number of carbonyl (C=O) groups excluding carboxylic acids is 1. The van der Waals surface area contributed by atoms with E-state index in [9.17, 15) is 18.0 Å². The molecule has 21 heavy (non-hydrogen) atoms. The van der Waals surface area contributed by atoms with Gasteiger partial charge in [0.2, 0.25) is 0 Å². The number of carbonyl (C=O) groups is 1. The molecule has 0 heterocycles. The average molecular weight is 368 g/mol. The minimum atomic E-state index is -4.30. The van der Waals surface area contributed by atoms with Crippen molar-refractivity contribution in [1.82, 2.24) is 4.90 Å². The van der Waals surface area contributed by atoms with E-state index in [0.29, 0.717) is 12.0 Å². The summed E-state index contributed by atoms with van der Waals surface area (Å²) in [5.41, 5.74) is 0.544. The van der Waals surface area contributed by atoms with Gasteiger partial charge in [-0.3, -0.25) is 9.69 Å². The van der Waals surface area contributed by atoms with E-state index < -0.39 is 12.7 Å². The fourth-order valence-electron chi connectivity index (χ4n) is 1.91. The quantitative estimate of drug-likeness (QED) is 0.716. The van der Waals surface area contributed by atoms with Crippen LogP contribution in [0.4, 0.5) is 13.2 Å². The number of aliphatic hydroxyl groups is 1.